The average molecular weight is 350 g/mol. The molecule has 6 nitrogen and oxygen atoms in total. The van der Waals surface area contributed by atoms with Gasteiger partial charge in [-0.05, 0) is 47.5 Å². The molecule has 0 N–H and O–H groups in total. The highest BCUT2D eigenvalue weighted by molar-refractivity contribution is 6.03. The largest absolute Gasteiger partial charge is 0.493 e. The third kappa shape index (κ3) is 3.55. The Morgan fingerprint density at radius 2 is 0.962 bits per heavy atom. The summed E-state index contributed by atoms with van der Waals surface area (Å²) >= 11 is 0. The molecule has 0 bridgehead atoms. The summed E-state index contributed by atoms with van der Waals surface area (Å²) in [5, 5.41) is 19.3. The molecule has 132 valence electrons. The van der Waals surface area contributed by atoms with Crippen molar-refractivity contribution in [3.63, 3.8) is 0 Å². The molecule has 0 aromatic heterocycles. The molecule has 0 amide bonds. The maximum Gasteiger partial charge on any atom is 0.161 e. The monoisotopic (exact) mass is 350 g/mol. The second-order valence-electron chi connectivity index (χ2n) is 5.11. The summed E-state index contributed by atoms with van der Waals surface area (Å²) in [6.07, 6.45) is 0. The summed E-state index contributed by atoms with van der Waals surface area (Å²) in [6.45, 7) is 0. The summed E-state index contributed by atoms with van der Waals surface area (Å²) in [7, 11) is 6.08. The predicted molar refractivity (Wildman–Crippen MR) is 97.1 cm³/mol. The molecule has 0 radical (unpaired) electrons. The Hall–Kier alpha value is -3.64. The van der Waals surface area contributed by atoms with Gasteiger partial charge in [0.2, 0.25) is 0 Å². The van der Waals surface area contributed by atoms with Crippen molar-refractivity contribution in [2.24, 2.45) is 0 Å². The van der Waals surface area contributed by atoms with Gasteiger partial charge in [-0.1, -0.05) is 0 Å². The van der Waals surface area contributed by atoms with E-state index in [1.165, 1.54) is 28.4 Å². The minimum Gasteiger partial charge on any atom is -0.493 e. The van der Waals surface area contributed by atoms with Crippen molar-refractivity contribution in [2.45, 2.75) is 0 Å². The van der Waals surface area contributed by atoms with Crippen LogP contribution in [-0.4, -0.2) is 28.4 Å². The Bertz CT molecular complexity index is 845. The van der Waals surface area contributed by atoms with Crippen LogP contribution in [0.3, 0.4) is 0 Å². The average Bonchev–Trinajstić information content (AvgIpc) is 2.70. The molecule has 6 heteroatoms. The molecule has 0 unspecified atom stereocenters. The Labute approximate surface area is 152 Å². The molecule has 0 saturated heterocycles. The van der Waals surface area contributed by atoms with Gasteiger partial charge < -0.3 is 18.9 Å². The van der Waals surface area contributed by atoms with Gasteiger partial charge in [0.1, 0.15) is 12.1 Å². The Morgan fingerprint density at radius 3 is 1.23 bits per heavy atom. The molecule has 0 aliphatic carbocycles. The minimum atomic E-state index is 0.223. The molecule has 0 aliphatic heterocycles. The third-order valence-corrected chi connectivity index (χ3v) is 3.82. The molecule has 26 heavy (non-hydrogen) atoms. The van der Waals surface area contributed by atoms with Crippen LogP contribution >= 0.6 is 0 Å². The lowest BCUT2D eigenvalue weighted by molar-refractivity contribution is 0.355. The lowest BCUT2D eigenvalue weighted by atomic mass is 9.95. The van der Waals surface area contributed by atoms with Crippen molar-refractivity contribution in [2.75, 3.05) is 28.4 Å². The fraction of sp³-hybridized carbons (Fsp3) is 0.200. The van der Waals surface area contributed by atoms with Crippen LogP contribution in [0.2, 0.25) is 0 Å². The molecule has 0 heterocycles. The highest BCUT2D eigenvalue weighted by atomic mass is 16.5. The molecule has 0 spiro atoms. The lowest BCUT2D eigenvalue weighted by Gasteiger charge is -2.12. The van der Waals surface area contributed by atoms with E-state index in [1.807, 2.05) is 0 Å². The zero-order valence-electron chi connectivity index (χ0n) is 15.0. The van der Waals surface area contributed by atoms with Crippen LogP contribution in [0.1, 0.15) is 11.1 Å². The summed E-state index contributed by atoms with van der Waals surface area (Å²) in [5.74, 6) is 2.03. The fourth-order valence-electron chi connectivity index (χ4n) is 2.51. The van der Waals surface area contributed by atoms with E-state index in [0.29, 0.717) is 34.1 Å². The van der Waals surface area contributed by atoms with E-state index in [4.69, 9.17) is 18.9 Å². The zero-order chi connectivity index (χ0) is 19.1. The Balaban J connectivity index is 2.66. The second-order valence-corrected chi connectivity index (χ2v) is 5.11. The molecule has 2 aromatic rings. The maximum atomic E-state index is 9.67. The number of allylic oxidation sites excluding steroid dienone is 2. The van der Waals surface area contributed by atoms with Gasteiger partial charge in [-0.3, -0.25) is 0 Å². The number of ether oxygens (including phenoxy) is 4. The number of benzene rings is 2. The normalized spacial score (nSPS) is 10.8. The van der Waals surface area contributed by atoms with Crippen LogP contribution in [-0.2, 0) is 0 Å². The standard InChI is InChI=1S/C20H18N2O4/c1-23-17-7-5-13(9-19(17)25-3)15(11-21)16(12-22)14-6-8-18(24-2)20(10-14)26-4/h5-10H,1-4H3/b16-15-. The first-order valence-electron chi connectivity index (χ1n) is 7.62. The van der Waals surface area contributed by atoms with Gasteiger partial charge in [-0.25, -0.2) is 0 Å². The van der Waals surface area contributed by atoms with Crippen LogP contribution in [0.15, 0.2) is 36.4 Å². The molecule has 0 saturated carbocycles. The number of nitriles is 2. The van der Waals surface area contributed by atoms with Gasteiger partial charge in [0.25, 0.3) is 0 Å². The van der Waals surface area contributed by atoms with Crippen LogP contribution in [0.5, 0.6) is 23.0 Å². The van der Waals surface area contributed by atoms with E-state index in [0.717, 1.165) is 0 Å². The highest BCUT2D eigenvalue weighted by Gasteiger charge is 2.16. The number of nitrogens with zero attached hydrogens (tertiary/aromatic N) is 2. The lowest BCUT2D eigenvalue weighted by Crippen LogP contribution is -1.95. The minimum absolute atomic E-state index is 0.223. The molecule has 0 fully saturated rings. The number of methoxy groups -OCH3 is 4. The molecule has 2 aromatic carbocycles. The van der Waals surface area contributed by atoms with Crippen molar-refractivity contribution in [3.05, 3.63) is 47.5 Å². The van der Waals surface area contributed by atoms with E-state index in [2.05, 4.69) is 12.1 Å². The third-order valence-electron chi connectivity index (χ3n) is 3.82. The van der Waals surface area contributed by atoms with Gasteiger partial charge in [-0.15, -0.1) is 0 Å². The number of hydrogen-bond donors (Lipinski definition) is 0. The Morgan fingerprint density at radius 1 is 0.615 bits per heavy atom. The molecular formula is C20H18N2O4. The quantitative estimate of drug-likeness (QED) is 0.584. The van der Waals surface area contributed by atoms with Gasteiger partial charge in [0, 0.05) is 0 Å². The van der Waals surface area contributed by atoms with E-state index >= 15 is 0 Å². The Kier molecular flexibility index (Phi) is 6.08. The van der Waals surface area contributed by atoms with E-state index < -0.39 is 0 Å². The predicted octanol–water partition coefficient (Wildman–Crippen LogP) is 3.68. The summed E-state index contributed by atoms with van der Waals surface area (Å²) < 4.78 is 21.0. The van der Waals surface area contributed by atoms with Crippen molar-refractivity contribution in [1.82, 2.24) is 0 Å². The van der Waals surface area contributed by atoms with Crippen molar-refractivity contribution < 1.29 is 18.9 Å². The van der Waals surface area contributed by atoms with Crippen molar-refractivity contribution in [3.8, 4) is 35.1 Å². The van der Waals surface area contributed by atoms with Crippen LogP contribution in [0.25, 0.3) is 11.1 Å². The molecule has 0 aliphatic rings. The zero-order valence-corrected chi connectivity index (χ0v) is 15.0. The van der Waals surface area contributed by atoms with Gasteiger partial charge in [-0.2, -0.15) is 10.5 Å². The first kappa shape index (κ1) is 18.7. The van der Waals surface area contributed by atoms with E-state index in [-0.39, 0.29) is 11.1 Å². The summed E-state index contributed by atoms with van der Waals surface area (Å²) in [6, 6.07) is 14.3. The second kappa shape index (κ2) is 8.46. The number of rotatable bonds is 6. The first-order valence-corrected chi connectivity index (χ1v) is 7.62. The smallest absolute Gasteiger partial charge is 0.161 e. The molecular weight excluding hydrogens is 332 g/mol. The summed E-state index contributed by atoms with van der Waals surface area (Å²) in [5.41, 5.74) is 1.55. The maximum absolute atomic E-state index is 9.67. The van der Waals surface area contributed by atoms with Crippen LogP contribution in [0.4, 0.5) is 0 Å². The number of hydrogen-bond acceptors (Lipinski definition) is 6. The molecule has 2 rings (SSSR count). The van der Waals surface area contributed by atoms with Crippen LogP contribution < -0.4 is 18.9 Å². The van der Waals surface area contributed by atoms with Gasteiger partial charge in [0.05, 0.1) is 39.6 Å². The molecule has 0 atom stereocenters. The van der Waals surface area contributed by atoms with Crippen molar-refractivity contribution >= 4 is 11.1 Å². The van der Waals surface area contributed by atoms with E-state index in [1.54, 1.807) is 36.4 Å². The SMILES string of the molecule is COc1ccc(/C(C#N)=C(/C#N)c2ccc(OC)c(OC)c2)cc1OC. The van der Waals surface area contributed by atoms with Gasteiger partial charge in [0.15, 0.2) is 23.0 Å². The topological polar surface area (TPSA) is 84.5 Å². The van der Waals surface area contributed by atoms with E-state index in [9.17, 15) is 10.5 Å². The summed E-state index contributed by atoms with van der Waals surface area (Å²) in [4.78, 5) is 0. The van der Waals surface area contributed by atoms with Crippen molar-refractivity contribution in [1.29, 1.82) is 10.5 Å². The first-order chi connectivity index (χ1) is 12.6. The fourth-order valence-corrected chi connectivity index (χ4v) is 2.51. The van der Waals surface area contributed by atoms with Crippen LogP contribution in [0, 0.1) is 22.7 Å². The van der Waals surface area contributed by atoms with Gasteiger partial charge >= 0.3 is 0 Å². The highest BCUT2D eigenvalue weighted by Crippen LogP contribution is 2.35.